The van der Waals surface area contributed by atoms with Crippen LogP contribution in [0.2, 0.25) is 0 Å². The lowest BCUT2D eigenvalue weighted by molar-refractivity contribution is 0.953. The van der Waals surface area contributed by atoms with E-state index in [4.69, 9.17) is 0 Å². The molecule has 7 heteroatoms. The van der Waals surface area contributed by atoms with Gasteiger partial charge in [-0.3, -0.25) is 0 Å². The third-order valence-electron chi connectivity index (χ3n) is 2.43. The van der Waals surface area contributed by atoms with Gasteiger partial charge in [-0.15, -0.1) is 0 Å². The molecule has 6 nitrogen and oxygen atoms in total. The SMILES string of the molecule is CCNc1cn2ccnc2c(Sc2ncccn2)n1. The maximum atomic E-state index is 4.55. The summed E-state index contributed by atoms with van der Waals surface area (Å²) in [6, 6.07) is 1.79. The van der Waals surface area contributed by atoms with Crippen molar-refractivity contribution in [3.8, 4) is 0 Å². The van der Waals surface area contributed by atoms with Crippen LogP contribution in [0.1, 0.15) is 6.92 Å². The second-order valence-electron chi connectivity index (χ2n) is 3.75. The summed E-state index contributed by atoms with van der Waals surface area (Å²) in [5.74, 6) is 0.812. The van der Waals surface area contributed by atoms with Gasteiger partial charge in [0.1, 0.15) is 10.8 Å². The molecule has 0 radical (unpaired) electrons. The van der Waals surface area contributed by atoms with Gasteiger partial charge in [0.2, 0.25) is 0 Å². The number of hydrogen-bond donors (Lipinski definition) is 1. The molecule has 1 N–H and O–H groups in total. The van der Waals surface area contributed by atoms with Gasteiger partial charge in [-0.2, -0.15) is 0 Å². The number of nitrogens with zero attached hydrogens (tertiary/aromatic N) is 5. The molecular weight excluding hydrogens is 260 g/mol. The zero-order valence-electron chi connectivity index (χ0n) is 10.3. The smallest absolute Gasteiger partial charge is 0.193 e. The number of aromatic nitrogens is 5. The third-order valence-corrected chi connectivity index (χ3v) is 3.29. The molecule has 0 aromatic carbocycles. The van der Waals surface area contributed by atoms with Crippen LogP contribution < -0.4 is 5.32 Å². The van der Waals surface area contributed by atoms with E-state index in [0.29, 0.717) is 5.16 Å². The Morgan fingerprint density at radius 1 is 1.21 bits per heavy atom. The summed E-state index contributed by atoms with van der Waals surface area (Å²) in [4.78, 5) is 17.2. The molecule has 0 unspecified atom stereocenters. The molecule has 96 valence electrons. The van der Waals surface area contributed by atoms with E-state index in [1.165, 1.54) is 11.8 Å². The molecule has 0 bridgehead atoms. The van der Waals surface area contributed by atoms with Gasteiger partial charge in [0.25, 0.3) is 0 Å². The van der Waals surface area contributed by atoms with Gasteiger partial charge in [0.15, 0.2) is 10.8 Å². The molecule has 0 spiro atoms. The molecule has 0 atom stereocenters. The first-order valence-electron chi connectivity index (χ1n) is 5.89. The minimum atomic E-state index is 0.661. The van der Waals surface area contributed by atoms with Crippen molar-refractivity contribution in [1.29, 1.82) is 0 Å². The van der Waals surface area contributed by atoms with Crippen LogP contribution in [0.25, 0.3) is 5.65 Å². The topological polar surface area (TPSA) is 68.0 Å². The van der Waals surface area contributed by atoms with Gasteiger partial charge in [-0.05, 0) is 24.8 Å². The lowest BCUT2D eigenvalue weighted by atomic mass is 10.6. The molecule has 3 aromatic rings. The fourth-order valence-corrected chi connectivity index (χ4v) is 2.46. The van der Waals surface area contributed by atoms with Crippen molar-refractivity contribution in [1.82, 2.24) is 24.3 Å². The predicted molar refractivity (Wildman–Crippen MR) is 73.3 cm³/mol. The van der Waals surface area contributed by atoms with E-state index >= 15 is 0 Å². The average molecular weight is 272 g/mol. The fraction of sp³-hybridized carbons (Fsp3) is 0.167. The van der Waals surface area contributed by atoms with Crippen LogP contribution >= 0.6 is 11.8 Å². The molecule has 3 rings (SSSR count). The Morgan fingerprint density at radius 3 is 2.84 bits per heavy atom. The summed E-state index contributed by atoms with van der Waals surface area (Å²) < 4.78 is 1.94. The number of anilines is 1. The Balaban J connectivity index is 2.03. The van der Waals surface area contributed by atoms with Crippen molar-refractivity contribution >= 4 is 23.2 Å². The second-order valence-corrected chi connectivity index (χ2v) is 4.71. The monoisotopic (exact) mass is 272 g/mol. The number of nitrogens with one attached hydrogen (secondary N) is 1. The molecular formula is C12H12N6S. The van der Waals surface area contributed by atoms with E-state index in [9.17, 15) is 0 Å². The normalized spacial score (nSPS) is 10.8. The van der Waals surface area contributed by atoms with E-state index in [1.54, 1.807) is 24.7 Å². The highest BCUT2D eigenvalue weighted by Gasteiger charge is 2.10. The summed E-state index contributed by atoms with van der Waals surface area (Å²) >= 11 is 1.41. The van der Waals surface area contributed by atoms with Crippen LogP contribution in [0.3, 0.4) is 0 Å². The molecule has 3 aromatic heterocycles. The van der Waals surface area contributed by atoms with Crippen molar-refractivity contribution < 1.29 is 0 Å². The minimum absolute atomic E-state index is 0.661. The first-order chi connectivity index (χ1) is 9.36. The van der Waals surface area contributed by atoms with Gasteiger partial charge < -0.3 is 9.72 Å². The molecule has 0 aliphatic rings. The molecule has 0 saturated carbocycles. The number of imidazole rings is 1. The Morgan fingerprint density at radius 2 is 2.05 bits per heavy atom. The first kappa shape index (κ1) is 11.9. The Bertz CT molecular complexity index is 681. The molecule has 0 fully saturated rings. The van der Waals surface area contributed by atoms with Crippen LogP contribution in [-0.2, 0) is 0 Å². The second kappa shape index (κ2) is 5.23. The summed E-state index contributed by atoms with van der Waals surface area (Å²) in [5, 5.41) is 4.65. The van der Waals surface area contributed by atoms with E-state index in [0.717, 1.165) is 23.0 Å². The van der Waals surface area contributed by atoms with Gasteiger partial charge in [0, 0.05) is 31.3 Å². The van der Waals surface area contributed by atoms with Crippen LogP contribution in [-0.4, -0.2) is 30.9 Å². The standard InChI is InChI=1S/C12H12N6S/c1-2-13-9-8-18-7-6-14-10(18)11(17-9)19-12-15-4-3-5-16-12/h3-8,13H,2H2,1H3. The summed E-state index contributed by atoms with van der Waals surface area (Å²) in [7, 11) is 0. The van der Waals surface area contributed by atoms with Crippen LogP contribution in [0.15, 0.2) is 47.2 Å². The van der Waals surface area contributed by atoms with Crippen molar-refractivity contribution in [2.45, 2.75) is 17.1 Å². The summed E-state index contributed by atoms with van der Waals surface area (Å²) in [6.45, 7) is 2.85. The zero-order chi connectivity index (χ0) is 13.1. The maximum absolute atomic E-state index is 4.55. The lowest BCUT2D eigenvalue weighted by Crippen LogP contribution is -2.02. The highest BCUT2D eigenvalue weighted by molar-refractivity contribution is 7.99. The largest absolute Gasteiger partial charge is 0.369 e. The molecule has 19 heavy (non-hydrogen) atoms. The van der Waals surface area contributed by atoms with E-state index < -0.39 is 0 Å². The van der Waals surface area contributed by atoms with E-state index in [-0.39, 0.29) is 0 Å². The molecule has 0 amide bonds. The maximum Gasteiger partial charge on any atom is 0.193 e. The highest BCUT2D eigenvalue weighted by atomic mass is 32.2. The van der Waals surface area contributed by atoms with Crippen molar-refractivity contribution in [3.63, 3.8) is 0 Å². The van der Waals surface area contributed by atoms with Crippen LogP contribution in [0.4, 0.5) is 5.82 Å². The molecule has 0 aliphatic carbocycles. The summed E-state index contributed by atoms with van der Waals surface area (Å²) in [5.41, 5.74) is 0.805. The lowest BCUT2D eigenvalue weighted by Gasteiger charge is -2.06. The van der Waals surface area contributed by atoms with Crippen molar-refractivity contribution in [3.05, 3.63) is 37.1 Å². The van der Waals surface area contributed by atoms with Gasteiger partial charge >= 0.3 is 0 Å². The quantitative estimate of drug-likeness (QED) is 0.734. The average Bonchev–Trinajstić information content (AvgIpc) is 2.89. The highest BCUT2D eigenvalue weighted by Crippen LogP contribution is 2.26. The zero-order valence-corrected chi connectivity index (χ0v) is 11.1. The molecule has 3 heterocycles. The Hall–Kier alpha value is -2.15. The Kier molecular flexibility index (Phi) is 3.28. The van der Waals surface area contributed by atoms with Crippen molar-refractivity contribution in [2.24, 2.45) is 0 Å². The van der Waals surface area contributed by atoms with Crippen LogP contribution in [0.5, 0.6) is 0 Å². The molecule has 0 saturated heterocycles. The first-order valence-corrected chi connectivity index (χ1v) is 6.71. The number of rotatable bonds is 4. The molecule has 0 aliphatic heterocycles. The fourth-order valence-electron chi connectivity index (χ4n) is 1.66. The van der Waals surface area contributed by atoms with E-state index in [2.05, 4.69) is 25.3 Å². The number of fused-ring (bicyclic) bond motifs is 1. The van der Waals surface area contributed by atoms with Gasteiger partial charge in [0.05, 0.1) is 6.20 Å². The summed E-state index contributed by atoms with van der Waals surface area (Å²) in [6.07, 6.45) is 9.00. The number of hydrogen-bond acceptors (Lipinski definition) is 6. The van der Waals surface area contributed by atoms with Crippen LogP contribution in [0, 0.1) is 0 Å². The van der Waals surface area contributed by atoms with Gasteiger partial charge in [-0.1, -0.05) is 0 Å². The third kappa shape index (κ3) is 2.50. The van der Waals surface area contributed by atoms with E-state index in [1.807, 2.05) is 23.7 Å². The van der Waals surface area contributed by atoms with Crippen molar-refractivity contribution in [2.75, 3.05) is 11.9 Å². The van der Waals surface area contributed by atoms with Gasteiger partial charge in [-0.25, -0.2) is 19.9 Å². The minimum Gasteiger partial charge on any atom is -0.369 e. The Labute approximate surface area is 114 Å². The predicted octanol–water partition coefficient (Wildman–Crippen LogP) is 2.10.